The number of nitrogens with one attached hydrogen (secondary N) is 1. The van der Waals surface area contributed by atoms with Crippen molar-refractivity contribution in [3.8, 4) is 5.75 Å². The number of ether oxygens (including phenoxy) is 1. The maximum absolute atomic E-state index is 12.8. The molecule has 0 atom stereocenters. The van der Waals surface area contributed by atoms with Gasteiger partial charge in [-0.2, -0.15) is 4.31 Å². The second-order valence-corrected chi connectivity index (χ2v) is 8.38. The monoisotopic (exact) mass is 354 g/mol. The molecule has 1 aromatic carbocycles. The van der Waals surface area contributed by atoms with E-state index in [4.69, 9.17) is 4.74 Å². The number of sulfonamides is 1. The molecule has 0 spiro atoms. The van der Waals surface area contributed by atoms with Crippen molar-refractivity contribution in [3.63, 3.8) is 0 Å². The molecule has 134 valence electrons. The van der Waals surface area contributed by atoms with E-state index in [0.29, 0.717) is 42.1 Å². The predicted molar refractivity (Wildman–Crippen MR) is 92.5 cm³/mol. The first kappa shape index (κ1) is 18.7. The van der Waals surface area contributed by atoms with Crippen LogP contribution in [0, 0.1) is 12.8 Å². The quantitative estimate of drug-likeness (QED) is 0.877. The van der Waals surface area contributed by atoms with Crippen LogP contribution in [0.25, 0.3) is 0 Å². The second-order valence-electron chi connectivity index (χ2n) is 6.47. The van der Waals surface area contributed by atoms with Crippen LogP contribution in [-0.2, 0) is 14.8 Å². The standard InChI is InChI=1S/C17H26N2O4S/c1-12(2)18-17(20)14-7-9-19(10-8-14)24(21,22)16-6-5-15(23-4)11-13(16)3/h5-6,11-12,14H,7-10H2,1-4H3,(H,18,20). The van der Waals surface area contributed by atoms with Gasteiger partial charge in [0.2, 0.25) is 15.9 Å². The van der Waals surface area contributed by atoms with Crippen LogP contribution in [0.2, 0.25) is 0 Å². The highest BCUT2D eigenvalue weighted by atomic mass is 32.2. The van der Waals surface area contributed by atoms with Crippen LogP contribution in [-0.4, -0.2) is 44.9 Å². The van der Waals surface area contributed by atoms with Gasteiger partial charge in [0, 0.05) is 25.0 Å². The van der Waals surface area contributed by atoms with Crippen molar-refractivity contribution in [1.29, 1.82) is 0 Å². The Morgan fingerprint density at radius 3 is 2.42 bits per heavy atom. The number of amides is 1. The fraction of sp³-hybridized carbons (Fsp3) is 0.588. The molecule has 0 aromatic heterocycles. The molecule has 24 heavy (non-hydrogen) atoms. The van der Waals surface area contributed by atoms with Gasteiger partial charge < -0.3 is 10.1 Å². The van der Waals surface area contributed by atoms with E-state index in [-0.39, 0.29) is 17.9 Å². The number of rotatable bonds is 5. The average molecular weight is 354 g/mol. The highest BCUT2D eigenvalue weighted by Crippen LogP contribution is 2.27. The SMILES string of the molecule is COc1ccc(S(=O)(=O)N2CCC(C(=O)NC(C)C)CC2)c(C)c1. The second kappa shape index (κ2) is 7.53. The normalized spacial score (nSPS) is 17.0. The number of carbonyl (C=O) groups is 1. The molecule has 1 saturated heterocycles. The van der Waals surface area contributed by atoms with Crippen LogP contribution in [0.15, 0.2) is 23.1 Å². The van der Waals surface area contributed by atoms with E-state index in [1.54, 1.807) is 32.2 Å². The molecule has 1 aliphatic rings. The first-order chi connectivity index (χ1) is 11.3. The van der Waals surface area contributed by atoms with Crippen molar-refractivity contribution in [2.24, 2.45) is 5.92 Å². The van der Waals surface area contributed by atoms with Gasteiger partial charge in [0.05, 0.1) is 12.0 Å². The molecule has 1 N–H and O–H groups in total. The lowest BCUT2D eigenvalue weighted by Crippen LogP contribution is -2.44. The molecule has 1 amide bonds. The zero-order valence-electron chi connectivity index (χ0n) is 14.7. The van der Waals surface area contributed by atoms with Gasteiger partial charge in [-0.1, -0.05) is 0 Å². The third-order valence-corrected chi connectivity index (χ3v) is 6.31. The molecule has 0 radical (unpaired) electrons. The van der Waals surface area contributed by atoms with Gasteiger partial charge in [0.15, 0.2) is 0 Å². The predicted octanol–water partition coefficient (Wildman–Crippen LogP) is 1.93. The molecule has 1 aliphatic heterocycles. The van der Waals surface area contributed by atoms with E-state index in [1.807, 2.05) is 13.8 Å². The Hall–Kier alpha value is -1.60. The zero-order chi connectivity index (χ0) is 17.9. The van der Waals surface area contributed by atoms with Crippen LogP contribution in [0.4, 0.5) is 0 Å². The molecule has 1 fully saturated rings. The Labute approximate surface area is 144 Å². The molecule has 0 bridgehead atoms. The van der Waals surface area contributed by atoms with E-state index in [2.05, 4.69) is 5.32 Å². The Balaban J connectivity index is 2.09. The van der Waals surface area contributed by atoms with E-state index in [1.165, 1.54) is 4.31 Å². The highest BCUT2D eigenvalue weighted by Gasteiger charge is 2.32. The number of piperidine rings is 1. The smallest absolute Gasteiger partial charge is 0.243 e. The lowest BCUT2D eigenvalue weighted by molar-refractivity contribution is -0.126. The number of aryl methyl sites for hydroxylation is 1. The molecule has 0 unspecified atom stereocenters. The molecule has 6 nitrogen and oxygen atoms in total. The first-order valence-corrected chi connectivity index (χ1v) is 9.65. The summed E-state index contributed by atoms with van der Waals surface area (Å²) in [4.78, 5) is 12.4. The summed E-state index contributed by atoms with van der Waals surface area (Å²) in [6.07, 6.45) is 1.10. The van der Waals surface area contributed by atoms with Crippen LogP contribution >= 0.6 is 0 Å². The highest BCUT2D eigenvalue weighted by molar-refractivity contribution is 7.89. The summed E-state index contributed by atoms with van der Waals surface area (Å²) in [5.41, 5.74) is 0.661. The van der Waals surface area contributed by atoms with E-state index >= 15 is 0 Å². The zero-order valence-corrected chi connectivity index (χ0v) is 15.5. The summed E-state index contributed by atoms with van der Waals surface area (Å²) in [5.74, 6) is 0.536. The molecule has 0 saturated carbocycles. The van der Waals surface area contributed by atoms with Gasteiger partial charge in [-0.15, -0.1) is 0 Å². The molecule has 0 aliphatic carbocycles. The molecule has 1 aromatic rings. The fourth-order valence-corrected chi connectivity index (χ4v) is 4.61. The Bertz CT molecular complexity index is 693. The minimum absolute atomic E-state index is 0.0164. The Kier molecular flexibility index (Phi) is 5.87. The summed E-state index contributed by atoms with van der Waals surface area (Å²) in [6, 6.07) is 5.06. The van der Waals surface area contributed by atoms with Crippen molar-refractivity contribution in [1.82, 2.24) is 9.62 Å². The summed E-state index contributed by atoms with van der Waals surface area (Å²) < 4.78 is 32.3. The van der Waals surface area contributed by atoms with Gasteiger partial charge in [-0.3, -0.25) is 4.79 Å². The average Bonchev–Trinajstić information content (AvgIpc) is 2.53. The Morgan fingerprint density at radius 1 is 1.29 bits per heavy atom. The van der Waals surface area contributed by atoms with Crippen molar-refractivity contribution >= 4 is 15.9 Å². The van der Waals surface area contributed by atoms with Crippen molar-refractivity contribution in [2.75, 3.05) is 20.2 Å². The minimum atomic E-state index is -3.54. The molecule has 7 heteroatoms. The van der Waals surface area contributed by atoms with Crippen LogP contribution in [0.1, 0.15) is 32.3 Å². The van der Waals surface area contributed by atoms with Crippen LogP contribution in [0.5, 0.6) is 5.75 Å². The number of nitrogens with zero attached hydrogens (tertiary/aromatic N) is 1. The summed E-state index contributed by atoms with van der Waals surface area (Å²) in [6.45, 7) is 6.33. The van der Waals surface area contributed by atoms with Gasteiger partial charge >= 0.3 is 0 Å². The summed E-state index contributed by atoms with van der Waals surface area (Å²) in [5, 5.41) is 2.90. The van der Waals surface area contributed by atoms with Crippen molar-refractivity contribution in [2.45, 2.75) is 44.6 Å². The van der Waals surface area contributed by atoms with E-state index in [0.717, 1.165) is 0 Å². The van der Waals surface area contributed by atoms with E-state index < -0.39 is 10.0 Å². The van der Waals surface area contributed by atoms with Gasteiger partial charge in [0.1, 0.15) is 5.75 Å². The number of methoxy groups -OCH3 is 1. The van der Waals surface area contributed by atoms with Crippen molar-refractivity contribution < 1.29 is 17.9 Å². The number of benzene rings is 1. The third kappa shape index (κ3) is 4.08. The maximum atomic E-state index is 12.8. The molecular formula is C17H26N2O4S. The lowest BCUT2D eigenvalue weighted by Gasteiger charge is -2.31. The molecular weight excluding hydrogens is 328 g/mol. The number of hydrogen-bond donors (Lipinski definition) is 1. The van der Waals surface area contributed by atoms with Gasteiger partial charge in [-0.05, 0) is 57.4 Å². The first-order valence-electron chi connectivity index (χ1n) is 8.21. The topological polar surface area (TPSA) is 75.7 Å². The number of carbonyl (C=O) groups excluding carboxylic acids is 1. The van der Waals surface area contributed by atoms with Gasteiger partial charge in [0.25, 0.3) is 0 Å². The molecule has 1 heterocycles. The fourth-order valence-electron chi connectivity index (χ4n) is 2.94. The Morgan fingerprint density at radius 2 is 1.92 bits per heavy atom. The maximum Gasteiger partial charge on any atom is 0.243 e. The van der Waals surface area contributed by atoms with Gasteiger partial charge in [-0.25, -0.2) is 8.42 Å². The largest absolute Gasteiger partial charge is 0.497 e. The third-order valence-electron chi connectivity index (χ3n) is 4.26. The molecule has 2 rings (SSSR count). The summed E-state index contributed by atoms with van der Waals surface area (Å²) >= 11 is 0. The summed E-state index contributed by atoms with van der Waals surface area (Å²) in [7, 11) is -1.99. The van der Waals surface area contributed by atoms with Crippen molar-refractivity contribution in [3.05, 3.63) is 23.8 Å². The lowest BCUT2D eigenvalue weighted by atomic mass is 9.97. The van der Waals surface area contributed by atoms with Crippen LogP contribution < -0.4 is 10.1 Å². The van der Waals surface area contributed by atoms with Crippen LogP contribution in [0.3, 0.4) is 0 Å². The number of hydrogen-bond acceptors (Lipinski definition) is 4. The van der Waals surface area contributed by atoms with E-state index in [9.17, 15) is 13.2 Å². The minimum Gasteiger partial charge on any atom is -0.497 e.